The number of hydrogen-bond acceptors (Lipinski definition) is 3. The van der Waals surface area contributed by atoms with Crippen LogP contribution >= 0.6 is 35.6 Å². The summed E-state index contributed by atoms with van der Waals surface area (Å²) in [5.74, 6) is 0. The van der Waals surface area contributed by atoms with Gasteiger partial charge in [0, 0.05) is 5.39 Å². The molecule has 4 rings (SSSR count). The Kier molecular flexibility index (Phi) is 11.3. The third kappa shape index (κ3) is 6.46. The van der Waals surface area contributed by atoms with Crippen molar-refractivity contribution in [2.45, 2.75) is 6.92 Å². The van der Waals surface area contributed by atoms with Crippen molar-refractivity contribution in [2.75, 3.05) is 0 Å². The molecule has 0 spiro atoms. The van der Waals surface area contributed by atoms with Crippen LogP contribution in [0.4, 0.5) is 0 Å². The van der Waals surface area contributed by atoms with Crippen molar-refractivity contribution >= 4 is 57.4 Å². The number of hydrogen-bond donors (Lipinski definition) is 1. The van der Waals surface area contributed by atoms with Crippen LogP contribution in [-0.4, -0.2) is 9.97 Å². The van der Waals surface area contributed by atoms with E-state index in [0.717, 1.165) is 27.4 Å². The van der Waals surface area contributed by atoms with Crippen molar-refractivity contribution in [3.8, 4) is 0 Å². The van der Waals surface area contributed by atoms with Crippen molar-refractivity contribution < 1.29 is 17.1 Å². The van der Waals surface area contributed by atoms with Crippen LogP contribution in [0.2, 0.25) is 10.2 Å². The maximum atomic E-state index is 5.93. The van der Waals surface area contributed by atoms with E-state index in [0.29, 0.717) is 15.9 Å². The number of pyridine rings is 2. The fourth-order valence-electron chi connectivity index (χ4n) is 2.39. The minimum atomic E-state index is 0. The first-order chi connectivity index (χ1) is 12.1. The van der Waals surface area contributed by atoms with E-state index in [4.69, 9.17) is 23.2 Å². The first-order valence-corrected chi connectivity index (χ1v) is 8.36. The van der Waals surface area contributed by atoms with E-state index in [-0.39, 0.29) is 35.6 Å². The Hall–Kier alpha value is -1.65. The Morgan fingerprint density at radius 1 is 0.893 bits per heavy atom. The number of rotatable bonds is 1. The maximum absolute atomic E-state index is 5.93. The molecule has 0 bridgehead atoms. The average Bonchev–Trinajstić information content (AvgIpc) is 2.61. The van der Waals surface area contributed by atoms with Crippen molar-refractivity contribution in [1.82, 2.24) is 16.1 Å². The SMILES string of the molecule is C=[C-]c1ccc2ccc3ccc(Cl)nc3c2n1.Cc1[c-]c(Cl)ccc1.Cl.N.[Fe+2]. The first kappa shape index (κ1) is 26.3. The van der Waals surface area contributed by atoms with Gasteiger partial charge < -0.3 is 6.15 Å². The molecular weight excluding hydrogens is 456 g/mol. The van der Waals surface area contributed by atoms with Gasteiger partial charge in [-0.1, -0.05) is 35.7 Å². The molecule has 146 valence electrons. The van der Waals surface area contributed by atoms with Gasteiger partial charge in [-0.05, 0) is 17.5 Å². The van der Waals surface area contributed by atoms with Crippen molar-refractivity contribution in [2.24, 2.45) is 0 Å². The first-order valence-electron chi connectivity index (χ1n) is 7.60. The molecule has 2 aromatic heterocycles. The van der Waals surface area contributed by atoms with Crippen LogP contribution in [-0.2, 0) is 17.1 Å². The summed E-state index contributed by atoms with van der Waals surface area (Å²) in [4.78, 5) is 8.80. The Bertz CT molecular complexity index is 1050. The molecule has 0 aliphatic carbocycles. The summed E-state index contributed by atoms with van der Waals surface area (Å²) in [6.07, 6.45) is 2.78. The van der Waals surface area contributed by atoms with Gasteiger partial charge in [0.15, 0.2) is 0 Å². The number of fused-ring (bicyclic) bond motifs is 3. The largest absolute Gasteiger partial charge is 2.00 e. The van der Waals surface area contributed by atoms with E-state index >= 15 is 0 Å². The zero-order valence-corrected chi connectivity index (χ0v) is 18.5. The van der Waals surface area contributed by atoms with Crippen LogP contribution in [0.25, 0.3) is 21.8 Å². The standard InChI is InChI=1S/C14H8ClN2.C7H6Cl.ClH.Fe.H3N/c1-2-11-7-5-9-3-4-10-6-8-12(15)17-14(10)13(9)16-11;1-6-3-2-4-7(8)5-6;;;/h3-8H,1H2;2-4H,1H3;1H;;1H3/q2*-1;;+2;. The second-order valence-corrected chi connectivity index (χ2v) is 6.19. The van der Waals surface area contributed by atoms with Gasteiger partial charge in [-0.2, -0.15) is 42.5 Å². The Morgan fingerprint density at radius 2 is 1.46 bits per heavy atom. The molecular formula is C21H18Cl3FeN3. The van der Waals surface area contributed by atoms with Crippen LogP contribution in [0.1, 0.15) is 11.3 Å². The molecule has 0 amide bonds. The minimum Gasteiger partial charge on any atom is -0.344 e. The van der Waals surface area contributed by atoms with Crippen LogP contribution in [0, 0.1) is 19.1 Å². The van der Waals surface area contributed by atoms with E-state index in [1.807, 2.05) is 55.5 Å². The average molecular weight is 475 g/mol. The number of halogens is 3. The molecule has 0 saturated carbocycles. The number of benzene rings is 2. The molecule has 0 aliphatic heterocycles. The monoisotopic (exact) mass is 473 g/mol. The summed E-state index contributed by atoms with van der Waals surface area (Å²) in [6.45, 7) is 5.57. The summed E-state index contributed by atoms with van der Waals surface area (Å²) in [6, 6.07) is 20.2. The van der Waals surface area contributed by atoms with Gasteiger partial charge in [-0.25, -0.2) is 11.1 Å². The molecule has 0 atom stereocenters. The molecule has 2 aromatic carbocycles. The van der Waals surface area contributed by atoms with Crippen molar-refractivity contribution in [3.05, 3.63) is 94.8 Å². The van der Waals surface area contributed by atoms with Gasteiger partial charge in [0.2, 0.25) is 0 Å². The predicted octanol–water partition coefficient (Wildman–Crippen LogP) is 6.80. The second-order valence-electron chi connectivity index (χ2n) is 5.40. The predicted molar refractivity (Wildman–Crippen MR) is 117 cm³/mol. The van der Waals surface area contributed by atoms with E-state index in [1.54, 1.807) is 6.07 Å². The molecule has 0 fully saturated rings. The molecule has 3 N–H and O–H groups in total. The molecule has 2 heterocycles. The normalized spacial score (nSPS) is 9.25. The van der Waals surface area contributed by atoms with E-state index < -0.39 is 0 Å². The van der Waals surface area contributed by atoms with Crippen molar-refractivity contribution in [1.29, 1.82) is 0 Å². The number of nitrogens with zero attached hydrogens (tertiary/aromatic N) is 2. The second kappa shape index (κ2) is 12.0. The summed E-state index contributed by atoms with van der Waals surface area (Å²) in [5.41, 5.74) is 3.44. The Labute approximate surface area is 191 Å². The molecule has 0 aliphatic rings. The summed E-state index contributed by atoms with van der Waals surface area (Å²) in [7, 11) is 0. The number of aromatic nitrogens is 2. The van der Waals surface area contributed by atoms with Crippen LogP contribution in [0.15, 0.2) is 61.2 Å². The fraction of sp³-hybridized carbons (Fsp3) is 0.0476. The maximum Gasteiger partial charge on any atom is 2.00 e. The number of aryl methyl sites for hydroxylation is 1. The zero-order chi connectivity index (χ0) is 17.8. The van der Waals surface area contributed by atoms with E-state index in [9.17, 15) is 0 Å². The quantitative estimate of drug-likeness (QED) is 0.143. The van der Waals surface area contributed by atoms with Crippen LogP contribution in [0.3, 0.4) is 0 Å². The van der Waals surface area contributed by atoms with Crippen LogP contribution < -0.4 is 6.15 Å². The fourth-order valence-corrected chi connectivity index (χ4v) is 2.76. The van der Waals surface area contributed by atoms with Gasteiger partial charge in [-0.3, -0.25) is 4.98 Å². The molecule has 4 aromatic rings. The van der Waals surface area contributed by atoms with E-state index in [2.05, 4.69) is 28.7 Å². The molecule has 28 heavy (non-hydrogen) atoms. The Morgan fingerprint density at radius 3 is 2.00 bits per heavy atom. The van der Waals surface area contributed by atoms with Gasteiger partial charge in [0.25, 0.3) is 0 Å². The summed E-state index contributed by atoms with van der Waals surface area (Å²) in [5, 5.41) is 3.21. The van der Waals surface area contributed by atoms with Crippen molar-refractivity contribution in [3.63, 3.8) is 0 Å². The smallest absolute Gasteiger partial charge is 0.344 e. The summed E-state index contributed by atoms with van der Waals surface area (Å²) < 4.78 is 0. The third-order valence-electron chi connectivity index (χ3n) is 3.57. The van der Waals surface area contributed by atoms with Gasteiger partial charge >= 0.3 is 17.1 Å². The zero-order valence-electron chi connectivity index (χ0n) is 15.0. The van der Waals surface area contributed by atoms with Crippen LogP contribution in [0.5, 0.6) is 0 Å². The molecule has 7 heteroatoms. The summed E-state index contributed by atoms with van der Waals surface area (Å²) >= 11 is 11.5. The Balaban J connectivity index is 0.000000574. The van der Waals surface area contributed by atoms with E-state index in [1.165, 1.54) is 0 Å². The molecule has 0 saturated heterocycles. The molecule has 0 unspecified atom stereocenters. The van der Waals surface area contributed by atoms with Gasteiger partial charge in [0.1, 0.15) is 5.15 Å². The molecule has 0 radical (unpaired) electrons. The third-order valence-corrected chi connectivity index (χ3v) is 4.00. The van der Waals surface area contributed by atoms with Gasteiger partial charge in [-0.15, -0.1) is 35.8 Å². The molecule has 3 nitrogen and oxygen atoms in total. The topological polar surface area (TPSA) is 60.8 Å². The van der Waals surface area contributed by atoms with Gasteiger partial charge in [0.05, 0.1) is 11.0 Å². The minimum absolute atomic E-state index is 0.